The van der Waals surface area contributed by atoms with E-state index in [2.05, 4.69) is 0 Å². The van der Waals surface area contributed by atoms with Gasteiger partial charge >= 0.3 is 0 Å². The molecule has 520 valence electrons. The van der Waals surface area contributed by atoms with Crippen LogP contribution in [-0.2, 0) is 109 Å². The molecule has 2 aromatic rings. The third-order valence-electron chi connectivity index (χ3n) is 11.2. The Labute approximate surface area is 529 Å². The largest absolute Gasteiger partial charge is 0.491 e. The van der Waals surface area contributed by atoms with Crippen LogP contribution in [0.3, 0.4) is 0 Å². The van der Waals surface area contributed by atoms with Crippen LogP contribution in [0.2, 0.25) is 0 Å². The van der Waals surface area contributed by atoms with Gasteiger partial charge in [0.15, 0.2) is 0 Å². The summed E-state index contributed by atoms with van der Waals surface area (Å²) in [6, 6.07) is 14.9. The van der Waals surface area contributed by atoms with Crippen molar-refractivity contribution in [2.75, 3.05) is 331 Å². The van der Waals surface area contributed by atoms with Crippen LogP contribution in [0.4, 0.5) is 0 Å². The highest BCUT2D eigenvalue weighted by molar-refractivity contribution is 5.32. The maximum Gasteiger partial charge on any atom is 0.119 e. The molecular weight excluding hydrogens is 1180 g/mol. The van der Waals surface area contributed by atoms with Crippen molar-refractivity contribution in [2.45, 2.75) is 0 Å². The molecule has 2 rings (SSSR count). The van der Waals surface area contributed by atoms with Gasteiger partial charge in [0.2, 0.25) is 0 Å². The van der Waals surface area contributed by atoms with Gasteiger partial charge in [0.25, 0.3) is 0 Å². The highest BCUT2D eigenvalue weighted by atomic mass is 16.6. The lowest BCUT2D eigenvalue weighted by atomic mass is 10.3. The number of hydrogen-bond donors (Lipinski definition) is 0. The SMILES string of the molecule is COCCOCCOCCOCCOCCOCCOCCOCCOc1ccc(OCCOCCOCCOCCOCCOCCOCCOCCOc2ccc(OCCOCCOCCOCCOCCOCCOCCOCCOC)cc2)cc1. The van der Waals surface area contributed by atoms with Gasteiger partial charge in [-0.15, -0.1) is 0 Å². The van der Waals surface area contributed by atoms with Crippen molar-refractivity contribution in [2.24, 2.45) is 0 Å². The Morgan fingerprint density at radius 2 is 0.225 bits per heavy atom. The molecule has 27 nitrogen and oxygen atoms in total. The van der Waals surface area contributed by atoms with Crippen molar-refractivity contribution < 1.29 is 128 Å². The van der Waals surface area contributed by atoms with Gasteiger partial charge in [-0.2, -0.15) is 0 Å². The van der Waals surface area contributed by atoms with Crippen LogP contribution in [0.5, 0.6) is 23.0 Å². The average Bonchev–Trinajstić information content (AvgIpc) is 3.59. The molecule has 2 aromatic carbocycles. The number of ether oxygens (including phenoxy) is 27. The smallest absolute Gasteiger partial charge is 0.119 e. The molecule has 0 aliphatic rings. The summed E-state index contributed by atoms with van der Waals surface area (Å²) in [5.41, 5.74) is 0. The fraction of sp³-hybridized carbons (Fsp3) is 0.806. The molecule has 0 saturated carbocycles. The van der Waals surface area contributed by atoms with Crippen LogP contribution in [0.15, 0.2) is 48.5 Å². The van der Waals surface area contributed by atoms with Crippen LogP contribution in [0.25, 0.3) is 0 Å². The van der Waals surface area contributed by atoms with Crippen LogP contribution in [0.1, 0.15) is 0 Å². The van der Waals surface area contributed by atoms with Gasteiger partial charge in [-0.05, 0) is 48.5 Å². The molecule has 0 spiro atoms. The van der Waals surface area contributed by atoms with E-state index in [1.165, 1.54) is 0 Å². The van der Waals surface area contributed by atoms with E-state index in [1.54, 1.807) is 14.2 Å². The Balaban J connectivity index is 1.19. The Morgan fingerprint density at radius 1 is 0.135 bits per heavy atom. The minimum Gasteiger partial charge on any atom is -0.491 e. The maximum absolute atomic E-state index is 5.76. The molecular formula is C62H110O27. The van der Waals surface area contributed by atoms with Crippen molar-refractivity contribution in [3.63, 3.8) is 0 Å². The van der Waals surface area contributed by atoms with Crippen LogP contribution >= 0.6 is 0 Å². The molecule has 0 fully saturated rings. The standard InChI is InChI=1S/C62H110O27/c1-63-11-13-65-15-17-67-19-21-69-23-25-71-27-31-74-35-39-78-43-47-82-51-55-86-59-3-7-61(8-4-59)88-57-53-84-49-45-80-41-37-76-33-29-73-30-34-77-38-42-81-46-50-85-54-58-89-62-9-5-60(6-10-62)87-56-52-83-48-44-79-40-36-75-32-28-72-26-24-70-22-20-68-18-16-66-14-12-64-2/h3-10H,11-58H2,1-2H3. The Hall–Kier alpha value is -3.28. The monoisotopic (exact) mass is 1290 g/mol. The quantitative estimate of drug-likeness (QED) is 0.0859. The fourth-order valence-corrected chi connectivity index (χ4v) is 6.69. The second kappa shape index (κ2) is 70.6. The summed E-state index contributed by atoms with van der Waals surface area (Å²) < 4.78 is 149. The lowest BCUT2D eigenvalue weighted by Crippen LogP contribution is -2.15. The summed E-state index contributed by atoms with van der Waals surface area (Å²) in [7, 11) is 3.29. The van der Waals surface area contributed by atoms with Crippen LogP contribution in [0, 0.1) is 0 Å². The first-order valence-corrected chi connectivity index (χ1v) is 31.1. The van der Waals surface area contributed by atoms with E-state index < -0.39 is 0 Å². The fourth-order valence-electron chi connectivity index (χ4n) is 6.69. The average molecular weight is 1290 g/mol. The molecule has 0 N–H and O–H groups in total. The van der Waals surface area contributed by atoms with Gasteiger partial charge in [0, 0.05) is 14.2 Å². The molecule has 27 heteroatoms. The van der Waals surface area contributed by atoms with Crippen LogP contribution < -0.4 is 18.9 Å². The zero-order chi connectivity index (χ0) is 63.0. The van der Waals surface area contributed by atoms with E-state index >= 15 is 0 Å². The van der Waals surface area contributed by atoms with Crippen molar-refractivity contribution in [1.82, 2.24) is 0 Å². The van der Waals surface area contributed by atoms with Gasteiger partial charge in [-0.1, -0.05) is 0 Å². The first-order chi connectivity index (χ1) is 44.3. The highest BCUT2D eigenvalue weighted by Crippen LogP contribution is 2.18. The summed E-state index contributed by atoms with van der Waals surface area (Å²) in [6.45, 7) is 23.6. The lowest BCUT2D eigenvalue weighted by Gasteiger charge is -2.10. The third-order valence-corrected chi connectivity index (χ3v) is 11.2. The number of methoxy groups -OCH3 is 2. The van der Waals surface area contributed by atoms with Crippen LogP contribution in [-0.4, -0.2) is 331 Å². The molecule has 89 heavy (non-hydrogen) atoms. The minimum atomic E-state index is 0.421. The highest BCUT2D eigenvalue weighted by Gasteiger charge is 2.03. The van der Waals surface area contributed by atoms with Gasteiger partial charge in [0.1, 0.15) is 49.4 Å². The van der Waals surface area contributed by atoms with Gasteiger partial charge in [-0.25, -0.2) is 0 Å². The Morgan fingerprint density at radius 3 is 0.326 bits per heavy atom. The topological polar surface area (TPSA) is 249 Å². The van der Waals surface area contributed by atoms with Crippen molar-refractivity contribution in [1.29, 1.82) is 0 Å². The Bertz CT molecular complexity index is 1530. The van der Waals surface area contributed by atoms with E-state index in [-0.39, 0.29) is 0 Å². The first-order valence-electron chi connectivity index (χ1n) is 31.1. The number of rotatable bonds is 76. The zero-order valence-corrected chi connectivity index (χ0v) is 53.6. The summed E-state index contributed by atoms with van der Waals surface area (Å²) >= 11 is 0. The second-order valence-electron chi connectivity index (χ2n) is 18.2. The first kappa shape index (κ1) is 81.8. The molecule has 0 aromatic heterocycles. The van der Waals surface area contributed by atoms with E-state index in [0.717, 1.165) is 23.0 Å². The van der Waals surface area contributed by atoms with Gasteiger partial charge < -0.3 is 128 Å². The summed E-state index contributed by atoms with van der Waals surface area (Å²) in [6.07, 6.45) is 0. The predicted octanol–water partition coefficient (Wildman–Crippen LogP) is 3.54. The molecule has 0 amide bonds. The molecule has 0 heterocycles. The molecule has 0 radical (unpaired) electrons. The van der Waals surface area contributed by atoms with Gasteiger partial charge in [0.05, 0.1) is 291 Å². The number of hydrogen-bond acceptors (Lipinski definition) is 27. The van der Waals surface area contributed by atoms with E-state index in [1.807, 2.05) is 48.5 Å². The zero-order valence-electron chi connectivity index (χ0n) is 53.6. The Kier molecular flexibility index (Phi) is 64.9. The summed E-state index contributed by atoms with van der Waals surface area (Å²) in [5.74, 6) is 2.93. The normalized spacial score (nSPS) is 11.5. The maximum atomic E-state index is 5.76. The lowest BCUT2D eigenvalue weighted by molar-refractivity contribution is -0.0227. The molecule has 0 bridgehead atoms. The molecule has 0 aliphatic carbocycles. The minimum absolute atomic E-state index is 0.421. The van der Waals surface area contributed by atoms with E-state index in [0.29, 0.717) is 317 Å². The second-order valence-corrected chi connectivity index (χ2v) is 18.2. The van der Waals surface area contributed by atoms with Crippen molar-refractivity contribution in [3.8, 4) is 23.0 Å². The summed E-state index contributed by atoms with van der Waals surface area (Å²) in [5, 5.41) is 0. The van der Waals surface area contributed by atoms with Crippen molar-refractivity contribution >= 4 is 0 Å². The predicted molar refractivity (Wildman–Crippen MR) is 326 cm³/mol. The summed E-state index contributed by atoms with van der Waals surface area (Å²) in [4.78, 5) is 0. The molecule has 0 saturated heterocycles. The third kappa shape index (κ3) is 62.0. The molecule has 0 unspecified atom stereocenters. The van der Waals surface area contributed by atoms with E-state index in [9.17, 15) is 0 Å². The van der Waals surface area contributed by atoms with Gasteiger partial charge in [-0.3, -0.25) is 0 Å². The van der Waals surface area contributed by atoms with Crippen molar-refractivity contribution in [3.05, 3.63) is 48.5 Å². The molecule has 0 atom stereocenters. The molecule has 0 aliphatic heterocycles. The number of benzene rings is 2. The van der Waals surface area contributed by atoms with E-state index in [4.69, 9.17) is 128 Å².